The van der Waals surface area contributed by atoms with Crippen molar-refractivity contribution in [3.05, 3.63) is 77.9 Å². The molecular formula is C25H26N4O. The normalized spacial score (nSPS) is 22.3. The molecule has 3 N–H and O–H groups in total. The van der Waals surface area contributed by atoms with Gasteiger partial charge in [-0.15, -0.1) is 0 Å². The highest BCUT2D eigenvalue weighted by Crippen LogP contribution is 2.41. The molecule has 2 atom stereocenters. The monoisotopic (exact) mass is 398 g/mol. The van der Waals surface area contributed by atoms with Crippen LogP contribution in [-0.4, -0.2) is 28.2 Å². The summed E-state index contributed by atoms with van der Waals surface area (Å²) in [4.78, 5) is 12.2. The summed E-state index contributed by atoms with van der Waals surface area (Å²) < 4.78 is 5.64. The van der Waals surface area contributed by atoms with Crippen LogP contribution in [-0.2, 0) is 11.2 Å². The molecule has 0 saturated carbocycles. The highest BCUT2D eigenvalue weighted by Gasteiger charge is 2.36. The van der Waals surface area contributed by atoms with Gasteiger partial charge in [0, 0.05) is 41.6 Å². The fourth-order valence-corrected chi connectivity index (χ4v) is 5.14. The van der Waals surface area contributed by atoms with Crippen molar-refractivity contribution in [1.82, 2.24) is 20.3 Å². The summed E-state index contributed by atoms with van der Waals surface area (Å²) in [6, 6.07) is 19.5. The molecule has 2 aromatic heterocycles. The maximum atomic E-state index is 5.64. The number of imidazole rings is 1. The molecule has 0 aliphatic carbocycles. The Kier molecular flexibility index (Phi) is 4.43. The molecule has 5 nitrogen and oxygen atoms in total. The summed E-state index contributed by atoms with van der Waals surface area (Å²) in [5.41, 5.74) is 6.16. The number of hydrogen-bond donors (Lipinski definition) is 3. The predicted molar refractivity (Wildman–Crippen MR) is 118 cm³/mol. The van der Waals surface area contributed by atoms with E-state index in [-0.39, 0.29) is 6.04 Å². The molecule has 2 unspecified atom stereocenters. The van der Waals surface area contributed by atoms with Gasteiger partial charge in [-0.2, -0.15) is 0 Å². The molecule has 0 radical (unpaired) electrons. The van der Waals surface area contributed by atoms with Crippen LogP contribution in [0.3, 0.4) is 0 Å². The molecule has 152 valence electrons. The van der Waals surface area contributed by atoms with Crippen LogP contribution in [0.1, 0.15) is 42.0 Å². The number of ether oxygens (including phenoxy) is 1. The van der Waals surface area contributed by atoms with Crippen LogP contribution in [0.15, 0.2) is 60.8 Å². The molecule has 0 amide bonds. The molecule has 6 rings (SSSR count). The van der Waals surface area contributed by atoms with Gasteiger partial charge in [-0.25, -0.2) is 4.98 Å². The van der Waals surface area contributed by atoms with E-state index in [2.05, 4.69) is 63.8 Å². The van der Waals surface area contributed by atoms with Gasteiger partial charge in [-0.05, 0) is 36.8 Å². The smallest absolute Gasteiger partial charge is 0.124 e. The van der Waals surface area contributed by atoms with E-state index in [4.69, 9.17) is 9.72 Å². The van der Waals surface area contributed by atoms with Crippen LogP contribution in [0.25, 0.3) is 22.2 Å². The molecule has 1 saturated heterocycles. The van der Waals surface area contributed by atoms with Gasteiger partial charge < -0.3 is 14.7 Å². The highest BCUT2D eigenvalue weighted by atomic mass is 16.5. The number of para-hydroxylation sites is 1. The molecule has 1 fully saturated rings. The number of aromatic amines is 2. The van der Waals surface area contributed by atoms with E-state index >= 15 is 0 Å². The number of nitrogens with one attached hydrogen (secondary N) is 3. The zero-order valence-electron chi connectivity index (χ0n) is 16.9. The summed E-state index contributed by atoms with van der Waals surface area (Å²) in [7, 11) is 0. The largest absolute Gasteiger partial charge is 0.381 e. The molecule has 4 aromatic rings. The fourth-order valence-electron chi connectivity index (χ4n) is 5.14. The topological polar surface area (TPSA) is 65.7 Å². The minimum absolute atomic E-state index is 0.169. The molecular weight excluding hydrogens is 372 g/mol. The van der Waals surface area contributed by atoms with Crippen LogP contribution < -0.4 is 5.32 Å². The van der Waals surface area contributed by atoms with E-state index < -0.39 is 0 Å². The summed E-state index contributed by atoms with van der Waals surface area (Å²) >= 11 is 0. The van der Waals surface area contributed by atoms with Crippen LogP contribution >= 0.6 is 0 Å². The predicted octanol–water partition coefficient (Wildman–Crippen LogP) is 4.91. The van der Waals surface area contributed by atoms with Crippen molar-refractivity contribution in [1.29, 1.82) is 0 Å². The second kappa shape index (κ2) is 7.42. The standard InChI is InChI=1S/C25H26N4O/c1-2-6-16(7-3-1)22-15-26-25(29-22)21-14-19-18-8-4-5-9-20(18)27-24(19)23(28-21)17-10-12-30-13-11-17/h1-9,15,17,21,23,27-28H,10-14H2,(H,26,29). The summed E-state index contributed by atoms with van der Waals surface area (Å²) in [6.07, 6.45) is 5.14. The number of fused-ring (bicyclic) bond motifs is 3. The van der Waals surface area contributed by atoms with Crippen LogP contribution in [0, 0.1) is 5.92 Å². The Labute approximate surface area is 175 Å². The van der Waals surface area contributed by atoms with Gasteiger partial charge in [0.05, 0.1) is 17.8 Å². The zero-order valence-corrected chi connectivity index (χ0v) is 16.9. The Morgan fingerprint density at radius 2 is 1.73 bits per heavy atom. The minimum atomic E-state index is 0.169. The first-order valence-corrected chi connectivity index (χ1v) is 10.9. The minimum Gasteiger partial charge on any atom is -0.381 e. The van der Waals surface area contributed by atoms with Crippen molar-refractivity contribution in [3.63, 3.8) is 0 Å². The first kappa shape index (κ1) is 17.9. The molecule has 2 aliphatic rings. The van der Waals surface area contributed by atoms with E-state index in [0.717, 1.165) is 49.6 Å². The number of aromatic nitrogens is 3. The van der Waals surface area contributed by atoms with Crippen LogP contribution in [0.2, 0.25) is 0 Å². The zero-order chi connectivity index (χ0) is 19.9. The maximum absolute atomic E-state index is 5.64. The Balaban J connectivity index is 1.39. The molecule has 5 heteroatoms. The third-order valence-corrected chi connectivity index (χ3v) is 6.68. The Morgan fingerprint density at radius 3 is 2.60 bits per heavy atom. The maximum Gasteiger partial charge on any atom is 0.124 e. The van der Waals surface area contributed by atoms with E-state index in [0.29, 0.717) is 12.0 Å². The molecule has 2 aliphatic heterocycles. The van der Waals surface area contributed by atoms with Crippen LogP contribution in [0.5, 0.6) is 0 Å². The van der Waals surface area contributed by atoms with Crippen molar-refractivity contribution in [2.75, 3.05) is 13.2 Å². The SMILES string of the molecule is c1ccc(-c2c[nH]c(C3Cc4c([nH]c5ccccc45)C(C4CCOCC4)N3)n2)cc1. The van der Waals surface area contributed by atoms with Crippen LogP contribution in [0.4, 0.5) is 0 Å². The van der Waals surface area contributed by atoms with Gasteiger partial charge in [0.1, 0.15) is 5.82 Å². The second-order valence-corrected chi connectivity index (χ2v) is 8.45. The molecule has 0 spiro atoms. The number of nitrogens with zero attached hydrogens (tertiary/aromatic N) is 1. The van der Waals surface area contributed by atoms with Crippen molar-refractivity contribution in [3.8, 4) is 11.3 Å². The second-order valence-electron chi connectivity index (χ2n) is 8.45. The average Bonchev–Trinajstić information content (AvgIpc) is 3.45. The van der Waals surface area contributed by atoms with Crippen molar-refractivity contribution < 1.29 is 4.74 Å². The quantitative estimate of drug-likeness (QED) is 0.459. The fraction of sp³-hybridized carbons (Fsp3) is 0.320. The lowest BCUT2D eigenvalue weighted by Crippen LogP contribution is -2.39. The number of rotatable bonds is 3. The summed E-state index contributed by atoms with van der Waals surface area (Å²) in [5.74, 6) is 1.58. The van der Waals surface area contributed by atoms with Crippen molar-refractivity contribution in [2.45, 2.75) is 31.3 Å². The van der Waals surface area contributed by atoms with E-state index in [1.807, 2.05) is 12.3 Å². The van der Waals surface area contributed by atoms with Crippen molar-refractivity contribution >= 4 is 10.9 Å². The lowest BCUT2D eigenvalue weighted by atomic mass is 9.83. The van der Waals surface area contributed by atoms with Gasteiger partial charge in [0.25, 0.3) is 0 Å². The summed E-state index contributed by atoms with van der Waals surface area (Å²) in [5, 5.41) is 5.28. The molecule has 2 aromatic carbocycles. The highest BCUT2D eigenvalue weighted by molar-refractivity contribution is 5.85. The number of benzene rings is 2. The first-order chi connectivity index (χ1) is 14.9. The van der Waals surface area contributed by atoms with Gasteiger partial charge in [0.2, 0.25) is 0 Å². The molecule has 4 heterocycles. The summed E-state index contributed by atoms with van der Waals surface area (Å²) in [6.45, 7) is 1.70. The van der Waals surface area contributed by atoms with Gasteiger partial charge in [0.15, 0.2) is 0 Å². The number of H-pyrrole nitrogens is 2. The third kappa shape index (κ3) is 3.06. The van der Waals surface area contributed by atoms with Gasteiger partial charge >= 0.3 is 0 Å². The van der Waals surface area contributed by atoms with E-state index in [1.54, 1.807) is 0 Å². The molecule has 0 bridgehead atoms. The lowest BCUT2D eigenvalue weighted by Gasteiger charge is -2.37. The lowest BCUT2D eigenvalue weighted by molar-refractivity contribution is 0.0497. The third-order valence-electron chi connectivity index (χ3n) is 6.68. The van der Waals surface area contributed by atoms with E-state index in [9.17, 15) is 0 Å². The van der Waals surface area contributed by atoms with Gasteiger partial charge in [-0.1, -0.05) is 48.5 Å². The number of hydrogen-bond acceptors (Lipinski definition) is 3. The Morgan fingerprint density at radius 1 is 0.933 bits per heavy atom. The van der Waals surface area contributed by atoms with Gasteiger partial charge in [-0.3, -0.25) is 5.32 Å². The first-order valence-electron chi connectivity index (χ1n) is 10.9. The average molecular weight is 399 g/mol. The molecule has 30 heavy (non-hydrogen) atoms. The Bertz CT molecular complexity index is 1160. The Hall–Kier alpha value is -2.89. The van der Waals surface area contributed by atoms with Crippen molar-refractivity contribution in [2.24, 2.45) is 5.92 Å². The van der Waals surface area contributed by atoms with E-state index in [1.165, 1.54) is 22.2 Å².